The first-order valence-electron chi connectivity index (χ1n) is 10.9. The number of imide groups is 1. The van der Waals surface area contributed by atoms with Gasteiger partial charge in [-0.2, -0.15) is 0 Å². The molecule has 0 N–H and O–H groups in total. The molecule has 0 saturated carbocycles. The molecule has 0 aliphatic carbocycles. The van der Waals surface area contributed by atoms with Gasteiger partial charge in [-0.1, -0.05) is 54.1 Å². The zero-order valence-electron chi connectivity index (χ0n) is 17.9. The van der Waals surface area contributed by atoms with E-state index >= 15 is 0 Å². The molecular weight excluding hydrogens is 414 g/mol. The van der Waals surface area contributed by atoms with E-state index in [1.54, 1.807) is 0 Å². The van der Waals surface area contributed by atoms with Crippen LogP contribution in [0.3, 0.4) is 0 Å². The molecule has 6 heteroatoms. The van der Waals surface area contributed by atoms with Gasteiger partial charge >= 0.3 is 6.09 Å². The third-order valence-corrected chi connectivity index (χ3v) is 6.57. The second-order valence-corrected chi connectivity index (χ2v) is 9.05. The highest BCUT2D eigenvalue weighted by Crippen LogP contribution is 2.40. The molecule has 0 bridgehead atoms. The van der Waals surface area contributed by atoms with Crippen molar-refractivity contribution in [3.8, 4) is 0 Å². The summed E-state index contributed by atoms with van der Waals surface area (Å²) in [6.45, 7) is 4.34. The van der Waals surface area contributed by atoms with Crippen molar-refractivity contribution in [1.29, 1.82) is 0 Å². The largest absolute Gasteiger partial charge is 0.446 e. The normalized spacial score (nSPS) is 27.1. The van der Waals surface area contributed by atoms with Crippen molar-refractivity contribution in [3.63, 3.8) is 0 Å². The fourth-order valence-electron chi connectivity index (χ4n) is 4.96. The Kier molecular flexibility index (Phi) is 6.63. The summed E-state index contributed by atoms with van der Waals surface area (Å²) in [4.78, 5) is 27.2. The summed E-state index contributed by atoms with van der Waals surface area (Å²) < 4.78 is 11.2. The van der Waals surface area contributed by atoms with Crippen LogP contribution in [0.5, 0.6) is 0 Å². The Hall–Kier alpha value is -2.37. The summed E-state index contributed by atoms with van der Waals surface area (Å²) in [7, 11) is 0. The van der Waals surface area contributed by atoms with E-state index in [-0.39, 0.29) is 49.0 Å². The van der Waals surface area contributed by atoms with Crippen LogP contribution >= 0.6 is 11.6 Å². The van der Waals surface area contributed by atoms with Gasteiger partial charge in [0, 0.05) is 11.4 Å². The summed E-state index contributed by atoms with van der Waals surface area (Å²) in [5.74, 6) is 0.0455. The smallest absolute Gasteiger partial charge is 0.417 e. The SMILES string of the molecule is C[C@@H]1CC([C@@H](CC(=O)N2C(=O)OC[C@@H]2c2ccccc2)c2ccc(Cl)cc2)C[C@H](C)O1. The minimum atomic E-state index is -0.567. The van der Waals surface area contributed by atoms with E-state index in [1.165, 1.54) is 4.90 Å². The summed E-state index contributed by atoms with van der Waals surface area (Å²) in [6.07, 6.45) is 1.68. The highest BCUT2D eigenvalue weighted by atomic mass is 35.5. The van der Waals surface area contributed by atoms with Crippen molar-refractivity contribution >= 4 is 23.6 Å². The molecule has 0 aromatic heterocycles. The molecule has 4 rings (SSSR count). The molecule has 2 aromatic carbocycles. The van der Waals surface area contributed by atoms with E-state index in [4.69, 9.17) is 21.1 Å². The third kappa shape index (κ3) is 4.94. The highest BCUT2D eigenvalue weighted by Gasteiger charge is 2.41. The van der Waals surface area contributed by atoms with Gasteiger partial charge in [0.2, 0.25) is 5.91 Å². The van der Waals surface area contributed by atoms with Crippen LogP contribution in [0, 0.1) is 5.92 Å². The van der Waals surface area contributed by atoms with Crippen LogP contribution in [-0.2, 0) is 14.3 Å². The number of halogens is 1. The number of carbonyl (C=O) groups excluding carboxylic acids is 2. The molecule has 2 heterocycles. The highest BCUT2D eigenvalue weighted by molar-refractivity contribution is 6.30. The van der Waals surface area contributed by atoms with Gasteiger partial charge in [-0.15, -0.1) is 0 Å². The third-order valence-electron chi connectivity index (χ3n) is 6.32. The van der Waals surface area contributed by atoms with Gasteiger partial charge in [-0.3, -0.25) is 4.79 Å². The van der Waals surface area contributed by atoms with E-state index in [0.717, 1.165) is 24.0 Å². The van der Waals surface area contributed by atoms with Gasteiger partial charge in [-0.05, 0) is 61.8 Å². The summed E-state index contributed by atoms with van der Waals surface area (Å²) in [5.41, 5.74) is 1.96. The number of rotatable bonds is 5. The lowest BCUT2D eigenvalue weighted by molar-refractivity contribution is -0.130. The lowest BCUT2D eigenvalue weighted by Gasteiger charge is -2.37. The van der Waals surface area contributed by atoms with Crippen LogP contribution in [0.1, 0.15) is 56.2 Å². The van der Waals surface area contributed by atoms with Crippen molar-refractivity contribution in [2.24, 2.45) is 5.92 Å². The monoisotopic (exact) mass is 441 g/mol. The molecule has 2 saturated heterocycles. The first-order chi connectivity index (χ1) is 14.9. The average Bonchev–Trinajstić information content (AvgIpc) is 3.14. The zero-order valence-corrected chi connectivity index (χ0v) is 18.6. The molecule has 5 nitrogen and oxygen atoms in total. The quantitative estimate of drug-likeness (QED) is 0.593. The Morgan fingerprint density at radius 2 is 1.71 bits per heavy atom. The molecule has 164 valence electrons. The zero-order chi connectivity index (χ0) is 22.0. The standard InChI is InChI=1S/C25H28ClNO4/c1-16-12-20(13-17(2)31-16)22(18-8-10-21(26)11-9-18)14-24(28)27-23(15-30-25(27)29)19-6-4-3-5-7-19/h3-11,16-17,20,22-23H,12-15H2,1-2H3/t16-,17+,20?,22-,23+/m0/s1. The van der Waals surface area contributed by atoms with E-state index in [0.29, 0.717) is 5.02 Å². The molecule has 2 aliphatic rings. The number of hydrogen-bond donors (Lipinski definition) is 0. The Balaban J connectivity index is 1.60. The number of cyclic esters (lactones) is 1. The number of amides is 2. The van der Waals surface area contributed by atoms with Gasteiger partial charge in [0.05, 0.1) is 12.2 Å². The summed E-state index contributed by atoms with van der Waals surface area (Å²) in [6, 6.07) is 16.9. The maximum Gasteiger partial charge on any atom is 0.417 e. The van der Waals surface area contributed by atoms with E-state index in [2.05, 4.69) is 13.8 Å². The van der Waals surface area contributed by atoms with Crippen molar-refractivity contribution < 1.29 is 19.1 Å². The molecule has 2 aliphatic heterocycles. The topological polar surface area (TPSA) is 55.8 Å². The fraction of sp³-hybridized carbons (Fsp3) is 0.440. The molecule has 2 aromatic rings. The van der Waals surface area contributed by atoms with Crippen LogP contribution < -0.4 is 0 Å². The minimum absolute atomic E-state index is 0.0246. The summed E-state index contributed by atoms with van der Waals surface area (Å²) >= 11 is 6.11. The van der Waals surface area contributed by atoms with Crippen LogP contribution in [0.15, 0.2) is 54.6 Å². The molecule has 2 amide bonds. The molecule has 2 fully saturated rings. The van der Waals surface area contributed by atoms with Gasteiger partial charge in [0.25, 0.3) is 0 Å². The maximum atomic E-state index is 13.5. The lowest BCUT2D eigenvalue weighted by atomic mass is 9.76. The molecule has 5 atom stereocenters. The number of hydrogen-bond acceptors (Lipinski definition) is 4. The lowest BCUT2D eigenvalue weighted by Crippen LogP contribution is -2.38. The molecular formula is C25H28ClNO4. The van der Waals surface area contributed by atoms with Gasteiger partial charge in [-0.25, -0.2) is 9.69 Å². The van der Waals surface area contributed by atoms with Crippen LogP contribution in [0.25, 0.3) is 0 Å². The number of nitrogens with zero attached hydrogens (tertiary/aromatic N) is 1. The van der Waals surface area contributed by atoms with Gasteiger partial charge in [0.1, 0.15) is 12.6 Å². The van der Waals surface area contributed by atoms with Gasteiger partial charge in [0.15, 0.2) is 0 Å². The number of carbonyl (C=O) groups is 2. The molecule has 0 radical (unpaired) electrons. The fourth-order valence-corrected chi connectivity index (χ4v) is 5.08. The van der Waals surface area contributed by atoms with Crippen molar-refractivity contribution in [2.45, 2.75) is 57.3 Å². The van der Waals surface area contributed by atoms with Gasteiger partial charge < -0.3 is 9.47 Å². The van der Waals surface area contributed by atoms with E-state index in [9.17, 15) is 9.59 Å². The predicted molar refractivity (Wildman–Crippen MR) is 119 cm³/mol. The van der Waals surface area contributed by atoms with E-state index < -0.39 is 6.09 Å². The Morgan fingerprint density at radius 1 is 1.06 bits per heavy atom. The van der Waals surface area contributed by atoms with Crippen LogP contribution in [0.4, 0.5) is 4.79 Å². The first-order valence-corrected chi connectivity index (χ1v) is 11.2. The van der Waals surface area contributed by atoms with Crippen LogP contribution in [-0.4, -0.2) is 35.7 Å². The van der Waals surface area contributed by atoms with Crippen molar-refractivity contribution in [2.75, 3.05) is 6.61 Å². The predicted octanol–water partition coefficient (Wildman–Crippen LogP) is 5.74. The number of benzene rings is 2. The molecule has 0 spiro atoms. The van der Waals surface area contributed by atoms with Crippen LogP contribution in [0.2, 0.25) is 5.02 Å². The van der Waals surface area contributed by atoms with Crippen molar-refractivity contribution in [1.82, 2.24) is 4.90 Å². The second-order valence-electron chi connectivity index (χ2n) is 8.62. The molecule has 31 heavy (non-hydrogen) atoms. The minimum Gasteiger partial charge on any atom is -0.446 e. The molecule has 1 unspecified atom stereocenters. The van der Waals surface area contributed by atoms with Crippen molar-refractivity contribution in [3.05, 3.63) is 70.7 Å². The Labute approximate surface area is 188 Å². The Morgan fingerprint density at radius 3 is 2.35 bits per heavy atom. The Bertz CT molecular complexity index is 907. The second kappa shape index (κ2) is 9.41. The summed E-state index contributed by atoms with van der Waals surface area (Å²) in [5, 5.41) is 0.662. The number of ether oxygens (including phenoxy) is 2. The first kappa shape index (κ1) is 21.8. The van der Waals surface area contributed by atoms with E-state index in [1.807, 2.05) is 54.6 Å². The maximum absolute atomic E-state index is 13.5. The average molecular weight is 442 g/mol.